The number of carbonyl (C=O) groups excluding carboxylic acids is 2. The van der Waals surface area contributed by atoms with Crippen LogP contribution in [-0.2, 0) is 17.0 Å². The molecule has 0 aromatic heterocycles. The minimum atomic E-state index is -1.27. The first-order chi connectivity index (χ1) is 18.2. The highest BCUT2D eigenvalue weighted by Crippen LogP contribution is 2.38. The summed E-state index contributed by atoms with van der Waals surface area (Å²) < 4.78 is 5.86. The van der Waals surface area contributed by atoms with Crippen molar-refractivity contribution in [1.82, 2.24) is 5.32 Å². The summed E-state index contributed by atoms with van der Waals surface area (Å²) >= 11 is 0. The zero-order valence-electron chi connectivity index (χ0n) is 20.2. The maximum Gasteiger partial charge on any atom is 0.339 e. The van der Waals surface area contributed by atoms with E-state index in [0.29, 0.717) is 24.6 Å². The second kappa shape index (κ2) is 10.9. The minimum Gasteiger partial charge on any atom is -0.373 e. The van der Waals surface area contributed by atoms with Crippen LogP contribution in [0.5, 0.6) is 0 Å². The minimum absolute atomic E-state index is 0.304. The average molecular weight is 490 g/mol. The Balaban J connectivity index is 1.54. The van der Waals surface area contributed by atoms with E-state index in [-0.39, 0.29) is 0 Å². The van der Waals surface area contributed by atoms with Crippen LogP contribution in [-0.4, -0.2) is 18.7 Å². The zero-order valence-corrected chi connectivity index (χ0v) is 20.2. The molecule has 0 bridgehead atoms. The number of imide groups is 1. The van der Waals surface area contributed by atoms with Crippen LogP contribution in [0.3, 0.4) is 0 Å². The van der Waals surface area contributed by atoms with E-state index in [2.05, 4.69) is 5.32 Å². The molecule has 37 heavy (non-hydrogen) atoms. The summed E-state index contributed by atoms with van der Waals surface area (Å²) in [5.41, 5.74) is 1.68. The predicted octanol–water partition coefficient (Wildman–Crippen LogP) is 6.47. The van der Waals surface area contributed by atoms with E-state index < -0.39 is 17.7 Å². The van der Waals surface area contributed by atoms with Crippen molar-refractivity contribution in [2.75, 3.05) is 16.4 Å². The van der Waals surface area contributed by atoms with Gasteiger partial charge >= 0.3 is 12.1 Å². The van der Waals surface area contributed by atoms with E-state index >= 15 is 0 Å². The number of benzene rings is 4. The Labute approximate surface area is 216 Å². The molecule has 1 fully saturated rings. The van der Waals surface area contributed by atoms with Gasteiger partial charge in [-0.25, -0.2) is 14.5 Å². The highest BCUT2D eigenvalue weighted by atomic mass is 16.5. The standard InChI is InChI=1S/C31H27N3O3/c35-29-32-31(26-16-7-2-8-17-26,22-13-23-37-24-25-14-5-1-6-15-25)34(28-20-11-4-12-21-28)30(36)33(29)27-18-9-3-10-19-27/h1-22H,23-24H2,(H,32,35)/b22-13+. The van der Waals surface area contributed by atoms with Gasteiger partial charge in [-0.3, -0.25) is 4.90 Å². The smallest absolute Gasteiger partial charge is 0.339 e. The first-order valence-corrected chi connectivity index (χ1v) is 12.1. The predicted molar refractivity (Wildman–Crippen MR) is 145 cm³/mol. The van der Waals surface area contributed by atoms with Crippen molar-refractivity contribution in [2.24, 2.45) is 0 Å². The van der Waals surface area contributed by atoms with Gasteiger partial charge in [0.15, 0.2) is 5.66 Å². The number of rotatable bonds is 8. The maximum atomic E-state index is 14.1. The average Bonchev–Trinajstić information content (AvgIpc) is 2.95. The van der Waals surface area contributed by atoms with E-state index in [0.717, 1.165) is 16.0 Å². The summed E-state index contributed by atoms with van der Waals surface area (Å²) in [5.74, 6) is 0. The summed E-state index contributed by atoms with van der Waals surface area (Å²) in [5, 5.41) is 3.13. The fraction of sp³-hybridized carbons (Fsp3) is 0.0968. The summed E-state index contributed by atoms with van der Waals surface area (Å²) in [4.78, 5) is 30.4. The molecule has 1 saturated heterocycles. The first kappa shape index (κ1) is 24.0. The van der Waals surface area contributed by atoms with Crippen molar-refractivity contribution in [1.29, 1.82) is 0 Å². The Bertz CT molecular complexity index is 1360. The highest BCUT2D eigenvalue weighted by molar-refractivity contribution is 6.22. The second-order valence-electron chi connectivity index (χ2n) is 8.59. The molecule has 1 aliphatic rings. The van der Waals surface area contributed by atoms with Gasteiger partial charge in [-0.15, -0.1) is 0 Å². The molecule has 6 nitrogen and oxygen atoms in total. The lowest BCUT2D eigenvalue weighted by Crippen LogP contribution is -2.70. The van der Waals surface area contributed by atoms with Crippen LogP contribution in [0.25, 0.3) is 0 Å². The number of urea groups is 2. The molecule has 1 N–H and O–H groups in total. The van der Waals surface area contributed by atoms with Gasteiger partial charge in [0.2, 0.25) is 0 Å². The van der Waals surface area contributed by atoms with Crippen molar-refractivity contribution in [3.8, 4) is 0 Å². The van der Waals surface area contributed by atoms with Crippen molar-refractivity contribution in [2.45, 2.75) is 12.3 Å². The Hall–Kier alpha value is -4.68. The van der Waals surface area contributed by atoms with E-state index in [1.54, 1.807) is 29.2 Å². The van der Waals surface area contributed by atoms with E-state index in [1.165, 1.54) is 0 Å². The molecular formula is C31H27N3O3. The number of nitrogens with one attached hydrogen (secondary N) is 1. The molecule has 0 radical (unpaired) electrons. The quantitative estimate of drug-likeness (QED) is 0.228. The molecule has 4 aromatic rings. The van der Waals surface area contributed by atoms with E-state index in [1.807, 2.05) is 109 Å². The largest absolute Gasteiger partial charge is 0.373 e. The van der Waals surface area contributed by atoms with Crippen molar-refractivity contribution in [3.05, 3.63) is 145 Å². The monoisotopic (exact) mass is 489 g/mol. The molecule has 6 heteroatoms. The summed E-state index contributed by atoms with van der Waals surface area (Å²) in [6.45, 7) is 0.761. The molecule has 4 amide bonds. The third-order valence-corrected chi connectivity index (χ3v) is 6.16. The normalized spacial score (nSPS) is 17.7. The van der Waals surface area contributed by atoms with Crippen LogP contribution in [0.15, 0.2) is 133 Å². The van der Waals surface area contributed by atoms with Crippen LogP contribution in [0.2, 0.25) is 0 Å². The van der Waals surface area contributed by atoms with Gasteiger partial charge in [0.05, 0.1) is 18.9 Å². The van der Waals surface area contributed by atoms with Crippen LogP contribution >= 0.6 is 0 Å². The van der Waals surface area contributed by atoms with Gasteiger partial charge in [0, 0.05) is 11.3 Å². The summed E-state index contributed by atoms with van der Waals surface area (Å²) in [6.07, 6.45) is 3.68. The van der Waals surface area contributed by atoms with Crippen LogP contribution in [0.4, 0.5) is 21.0 Å². The number of anilines is 2. The lowest BCUT2D eigenvalue weighted by molar-refractivity contribution is 0.148. The van der Waals surface area contributed by atoms with Crippen LogP contribution < -0.4 is 15.1 Å². The van der Waals surface area contributed by atoms with Gasteiger partial charge < -0.3 is 10.1 Å². The number of hydrogen-bond acceptors (Lipinski definition) is 3. The van der Waals surface area contributed by atoms with Crippen molar-refractivity contribution < 1.29 is 14.3 Å². The Kier molecular flexibility index (Phi) is 7.10. The molecule has 0 spiro atoms. The molecule has 1 unspecified atom stereocenters. The summed E-state index contributed by atoms with van der Waals surface area (Å²) in [7, 11) is 0. The van der Waals surface area contributed by atoms with E-state index in [4.69, 9.17) is 4.74 Å². The lowest BCUT2D eigenvalue weighted by atomic mass is 9.94. The topological polar surface area (TPSA) is 61.9 Å². The molecule has 5 rings (SSSR count). The zero-order chi connectivity index (χ0) is 25.5. The van der Waals surface area contributed by atoms with E-state index in [9.17, 15) is 9.59 Å². The molecule has 0 saturated carbocycles. The summed E-state index contributed by atoms with van der Waals surface area (Å²) in [6, 6.07) is 36.7. The van der Waals surface area contributed by atoms with Crippen molar-refractivity contribution in [3.63, 3.8) is 0 Å². The molecule has 4 aromatic carbocycles. The Morgan fingerprint density at radius 3 is 1.86 bits per heavy atom. The number of para-hydroxylation sites is 2. The number of nitrogens with zero attached hydrogens (tertiary/aromatic N) is 2. The second-order valence-corrected chi connectivity index (χ2v) is 8.59. The molecular weight excluding hydrogens is 462 g/mol. The number of carbonyl (C=O) groups is 2. The first-order valence-electron chi connectivity index (χ1n) is 12.1. The van der Waals surface area contributed by atoms with Crippen LogP contribution in [0.1, 0.15) is 11.1 Å². The Morgan fingerprint density at radius 2 is 1.24 bits per heavy atom. The molecule has 0 aliphatic carbocycles. The lowest BCUT2D eigenvalue weighted by Gasteiger charge is -2.48. The maximum absolute atomic E-state index is 14.1. The molecule has 1 aliphatic heterocycles. The van der Waals surface area contributed by atoms with Crippen molar-refractivity contribution >= 4 is 23.4 Å². The molecule has 184 valence electrons. The number of amides is 4. The third kappa shape index (κ3) is 5.01. The SMILES string of the molecule is O=C1NC(/C=C/COCc2ccccc2)(c2ccccc2)N(c2ccccc2)C(=O)N1c1ccccc1. The third-order valence-electron chi connectivity index (χ3n) is 6.16. The number of ether oxygens (including phenoxy) is 1. The van der Waals surface area contributed by atoms with Gasteiger partial charge in [-0.05, 0) is 35.9 Å². The molecule has 1 heterocycles. The Morgan fingerprint density at radius 1 is 0.703 bits per heavy atom. The number of hydrogen-bond donors (Lipinski definition) is 1. The van der Waals surface area contributed by atoms with Gasteiger partial charge in [-0.2, -0.15) is 0 Å². The fourth-order valence-corrected chi connectivity index (χ4v) is 4.45. The highest BCUT2D eigenvalue weighted by Gasteiger charge is 2.50. The van der Waals surface area contributed by atoms with Gasteiger partial charge in [0.25, 0.3) is 0 Å². The van der Waals surface area contributed by atoms with Gasteiger partial charge in [0.1, 0.15) is 0 Å². The van der Waals surface area contributed by atoms with Crippen LogP contribution in [0, 0.1) is 0 Å². The fourth-order valence-electron chi connectivity index (χ4n) is 4.45. The molecule has 1 atom stereocenters. The van der Waals surface area contributed by atoms with Gasteiger partial charge in [-0.1, -0.05) is 103 Å².